The SMILES string of the molecule is CC(NC(=O)C1CC1)C12CC3CC(CC(C3)C1)C2. The highest BCUT2D eigenvalue weighted by molar-refractivity contribution is 5.81. The van der Waals surface area contributed by atoms with Crippen molar-refractivity contribution in [2.45, 2.75) is 64.3 Å². The van der Waals surface area contributed by atoms with Crippen molar-refractivity contribution in [3.63, 3.8) is 0 Å². The van der Waals surface area contributed by atoms with Crippen LogP contribution in [-0.4, -0.2) is 11.9 Å². The first-order valence-corrected chi connectivity index (χ1v) is 7.95. The Hall–Kier alpha value is -0.530. The standard InChI is InChI=1S/C16H25NO/c1-10(17-15(18)14-2-3-14)16-7-11-4-12(8-16)6-13(5-11)9-16/h10-14H,2-9H2,1H3,(H,17,18). The summed E-state index contributed by atoms with van der Waals surface area (Å²) in [5.41, 5.74) is 0.472. The van der Waals surface area contributed by atoms with Crippen LogP contribution in [0.3, 0.4) is 0 Å². The van der Waals surface area contributed by atoms with Crippen molar-refractivity contribution in [2.75, 3.05) is 0 Å². The summed E-state index contributed by atoms with van der Waals surface area (Å²) in [6, 6.07) is 0.416. The van der Waals surface area contributed by atoms with Crippen molar-refractivity contribution >= 4 is 5.91 Å². The molecule has 5 rings (SSSR count). The molecule has 0 radical (unpaired) electrons. The molecule has 0 aliphatic heterocycles. The van der Waals surface area contributed by atoms with Crippen molar-refractivity contribution in [1.82, 2.24) is 5.32 Å². The molecular formula is C16H25NO. The highest BCUT2D eigenvalue weighted by Gasteiger charge is 2.53. The van der Waals surface area contributed by atoms with Gasteiger partial charge in [-0.3, -0.25) is 4.79 Å². The average molecular weight is 247 g/mol. The van der Waals surface area contributed by atoms with E-state index in [0.29, 0.717) is 23.3 Å². The third kappa shape index (κ3) is 1.71. The molecule has 5 aliphatic carbocycles. The predicted molar refractivity (Wildman–Crippen MR) is 70.9 cm³/mol. The smallest absolute Gasteiger partial charge is 0.223 e. The van der Waals surface area contributed by atoms with Crippen LogP contribution >= 0.6 is 0 Å². The Labute approximate surface area is 110 Å². The minimum atomic E-state index is 0.346. The van der Waals surface area contributed by atoms with E-state index in [1.54, 1.807) is 0 Å². The monoisotopic (exact) mass is 247 g/mol. The molecule has 4 bridgehead atoms. The maximum Gasteiger partial charge on any atom is 0.223 e. The first-order chi connectivity index (χ1) is 8.64. The van der Waals surface area contributed by atoms with Gasteiger partial charge in [0, 0.05) is 12.0 Å². The van der Waals surface area contributed by atoms with Crippen molar-refractivity contribution in [2.24, 2.45) is 29.1 Å². The van der Waals surface area contributed by atoms with Gasteiger partial charge < -0.3 is 5.32 Å². The maximum absolute atomic E-state index is 12.0. The van der Waals surface area contributed by atoms with Crippen molar-refractivity contribution in [1.29, 1.82) is 0 Å². The second-order valence-corrected chi connectivity index (χ2v) is 7.78. The van der Waals surface area contributed by atoms with E-state index in [1.807, 2.05) is 0 Å². The molecule has 1 unspecified atom stereocenters. The number of carbonyl (C=O) groups is 1. The highest BCUT2D eigenvalue weighted by atomic mass is 16.2. The quantitative estimate of drug-likeness (QED) is 0.815. The average Bonchev–Trinajstić information content (AvgIpc) is 3.10. The molecule has 5 aliphatic rings. The Morgan fingerprint density at radius 3 is 2.00 bits per heavy atom. The topological polar surface area (TPSA) is 29.1 Å². The summed E-state index contributed by atoms with van der Waals surface area (Å²) in [4.78, 5) is 12.0. The third-order valence-corrected chi connectivity index (χ3v) is 6.31. The molecule has 1 atom stereocenters. The van der Waals surface area contributed by atoms with Crippen LogP contribution in [0.25, 0.3) is 0 Å². The zero-order valence-electron chi connectivity index (χ0n) is 11.5. The summed E-state index contributed by atoms with van der Waals surface area (Å²) in [6.45, 7) is 2.29. The molecule has 5 fully saturated rings. The zero-order valence-corrected chi connectivity index (χ0v) is 11.5. The first kappa shape index (κ1) is 11.3. The van der Waals surface area contributed by atoms with Gasteiger partial charge in [-0.2, -0.15) is 0 Å². The molecule has 5 saturated carbocycles. The summed E-state index contributed by atoms with van der Waals surface area (Å²) in [6.07, 6.45) is 10.9. The molecule has 2 nitrogen and oxygen atoms in total. The Morgan fingerprint density at radius 2 is 1.56 bits per heavy atom. The molecule has 2 heteroatoms. The van der Waals surface area contributed by atoms with E-state index < -0.39 is 0 Å². The van der Waals surface area contributed by atoms with Gasteiger partial charge in [-0.25, -0.2) is 0 Å². The fourth-order valence-electron chi connectivity index (χ4n) is 5.54. The number of carbonyl (C=O) groups excluding carboxylic acids is 1. The molecule has 0 spiro atoms. The van der Waals surface area contributed by atoms with Gasteiger partial charge in [0.15, 0.2) is 0 Å². The van der Waals surface area contributed by atoms with Crippen LogP contribution in [-0.2, 0) is 4.79 Å². The highest BCUT2D eigenvalue weighted by Crippen LogP contribution is 2.61. The minimum Gasteiger partial charge on any atom is -0.353 e. The van der Waals surface area contributed by atoms with Gasteiger partial charge in [-0.1, -0.05) is 0 Å². The van der Waals surface area contributed by atoms with Crippen LogP contribution < -0.4 is 5.32 Å². The van der Waals surface area contributed by atoms with Gasteiger partial charge in [0.2, 0.25) is 5.91 Å². The lowest BCUT2D eigenvalue weighted by atomic mass is 9.48. The Morgan fingerprint density at radius 1 is 1.06 bits per heavy atom. The molecule has 1 N–H and O–H groups in total. The van der Waals surface area contributed by atoms with Gasteiger partial charge in [0.25, 0.3) is 0 Å². The second kappa shape index (κ2) is 3.74. The number of hydrogen-bond donors (Lipinski definition) is 1. The maximum atomic E-state index is 12.0. The molecule has 100 valence electrons. The molecule has 0 heterocycles. The molecule has 0 aromatic rings. The zero-order chi connectivity index (χ0) is 12.3. The van der Waals surface area contributed by atoms with E-state index in [9.17, 15) is 4.79 Å². The third-order valence-electron chi connectivity index (χ3n) is 6.31. The minimum absolute atomic E-state index is 0.346. The molecule has 0 aromatic heterocycles. The van der Waals surface area contributed by atoms with E-state index in [4.69, 9.17) is 0 Å². The van der Waals surface area contributed by atoms with Crippen LogP contribution in [0.2, 0.25) is 0 Å². The molecule has 0 aromatic carbocycles. The summed E-state index contributed by atoms with van der Waals surface area (Å²) in [5.74, 6) is 3.66. The fourth-order valence-corrected chi connectivity index (χ4v) is 5.54. The molecular weight excluding hydrogens is 222 g/mol. The summed E-state index contributed by atoms with van der Waals surface area (Å²) < 4.78 is 0. The van der Waals surface area contributed by atoms with Gasteiger partial charge in [0.05, 0.1) is 0 Å². The Kier molecular flexibility index (Phi) is 2.35. The van der Waals surface area contributed by atoms with Crippen LogP contribution in [0, 0.1) is 29.1 Å². The van der Waals surface area contributed by atoms with E-state index in [-0.39, 0.29) is 0 Å². The molecule has 0 saturated heterocycles. The van der Waals surface area contributed by atoms with Crippen molar-refractivity contribution in [3.05, 3.63) is 0 Å². The lowest BCUT2D eigenvalue weighted by molar-refractivity contribution is -0.127. The van der Waals surface area contributed by atoms with Crippen LogP contribution in [0.5, 0.6) is 0 Å². The van der Waals surface area contributed by atoms with Gasteiger partial charge >= 0.3 is 0 Å². The number of amides is 1. The van der Waals surface area contributed by atoms with Crippen LogP contribution in [0.15, 0.2) is 0 Å². The van der Waals surface area contributed by atoms with Crippen molar-refractivity contribution in [3.8, 4) is 0 Å². The summed E-state index contributed by atoms with van der Waals surface area (Å²) in [5, 5.41) is 3.36. The summed E-state index contributed by atoms with van der Waals surface area (Å²) >= 11 is 0. The molecule has 1 amide bonds. The number of nitrogens with one attached hydrogen (secondary N) is 1. The molecule has 18 heavy (non-hydrogen) atoms. The number of hydrogen-bond acceptors (Lipinski definition) is 1. The largest absolute Gasteiger partial charge is 0.353 e. The fraction of sp³-hybridized carbons (Fsp3) is 0.938. The van der Waals surface area contributed by atoms with E-state index in [2.05, 4.69) is 12.2 Å². The first-order valence-electron chi connectivity index (χ1n) is 7.95. The van der Waals surface area contributed by atoms with E-state index >= 15 is 0 Å². The van der Waals surface area contributed by atoms with Gasteiger partial charge in [-0.05, 0) is 81.5 Å². The lowest BCUT2D eigenvalue weighted by Gasteiger charge is -2.59. The van der Waals surface area contributed by atoms with E-state index in [0.717, 1.165) is 30.6 Å². The van der Waals surface area contributed by atoms with Crippen molar-refractivity contribution < 1.29 is 4.79 Å². The lowest BCUT2D eigenvalue weighted by Crippen LogP contribution is -2.56. The normalized spacial score (nSPS) is 47.1. The van der Waals surface area contributed by atoms with Crippen LogP contribution in [0.1, 0.15) is 58.3 Å². The second-order valence-electron chi connectivity index (χ2n) is 7.78. The van der Waals surface area contributed by atoms with Gasteiger partial charge in [0.1, 0.15) is 0 Å². The number of rotatable bonds is 3. The summed E-state index contributed by atoms with van der Waals surface area (Å²) in [7, 11) is 0. The predicted octanol–water partition coefficient (Wildman–Crippen LogP) is 3.12. The van der Waals surface area contributed by atoms with Gasteiger partial charge in [-0.15, -0.1) is 0 Å². The Balaban J connectivity index is 1.50. The Bertz CT molecular complexity index is 336. The van der Waals surface area contributed by atoms with Crippen LogP contribution in [0.4, 0.5) is 0 Å². The van der Waals surface area contributed by atoms with E-state index in [1.165, 1.54) is 38.5 Å².